The molecular weight excluding hydrogens is 368 g/mol. The number of rotatable bonds is 8. The first kappa shape index (κ1) is 19.2. The van der Waals surface area contributed by atoms with Crippen LogP contribution in [0.15, 0.2) is 53.4 Å². The number of nitrogens with zero attached hydrogens (tertiary/aromatic N) is 1. The van der Waals surface area contributed by atoms with Crippen LogP contribution in [0.2, 0.25) is 0 Å². The summed E-state index contributed by atoms with van der Waals surface area (Å²) in [6.07, 6.45) is 1.34. The highest BCUT2D eigenvalue weighted by Crippen LogP contribution is 2.26. The summed E-state index contributed by atoms with van der Waals surface area (Å²) >= 11 is 0. The molecule has 8 heteroatoms. The second-order valence-electron chi connectivity index (χ2n) is 6.12. The summed E-state index contributed by atoms with van der Waals surface area (Å²) in [5, 5.41) is 0. The molecule has 3 rings (SSSR count). The van der Waals surface area contributed by atoms with Crippen LogP contribution < -0.4 is 14.4 Å². The van der Waals surface area contributed by atoms with E-state index in [0.29, 0.717) is 43.3 Å². The third-order valence-corrected chi connectivity index (χ3v) is 5.57. The monoisotopic (exact) mass is 390 g/mol. The fourth-order valence-electron chi connectivity index (χ4n) is 2.83. The summed E-state index contributed by atoms with van der Waals surface area (Å²) in [7, 11) is -2.16. The van der Waals surface area contributed by atoms with Crippen molar-refractivity contribution in [1.82, 2.24) is 0 Å². The number of methoxy groups -OCH3 is 1. The lowest BCUT2D eigenvalue weighted by atomic mass is 10.2. The number of amides is 1. The Bertz CT molecular complexity index is 897. The molecule has 1 heterocycles. The number of ether oxygens (including phenoxy) is 2. The smallest absolute Gasteiger partial charge is 0.261 e. The lowest BCUT2D eigenvalue weighted by Gasteiger charge is -2.17. The van der Waals surface area contributed by atoms with Gasteiger partial charge in [-0.15, -0.1) is 0 Å². The van der Waals surface area contributed by atoms with E-state index in [4.69, 9.17) is 9.47 Å². The normalized spacial score (nSPS) is 14.4. The number of carbonyl (C=O) groups is 1. The zero-order valence-corrected chi connectivity index (χ0v) is 15.9. The summed E-state index contributed by atoms with van der Waals surface area (Å²) in [5.41, 5.74) is 1.10. The number of nitrogens with one attached hydrogen (secondary N) is 1. The van der Waals surface area contributed by atoms with Gasteiger partial charge in [-0.1, -0.05) is 6.07 Å². The van der Waals surface area contributed by atoms with E-state index in [9.17, 15) is 13.2 Å². The van der Waals surface area contributed by atoms with Crippen LogP contribution in [0.4, 0.5) is 11.4 Å². The maximum absolute atomic E-state index is 12.6. The van der Waals surface area contributed by atoms with Crippen molar-refractivity contribution in [2.75, 3.05) is 36.5 Å². The van der Waals surface area contributed by atoms with Gasteiger partial charge in [0.05, 0.1) is 17.2 Å². The third kappa shape index (κ3) is 4.78. The predicted molar refractivity (Wildman–Crippen MR) is 103 cm³/mol. The Balaban J connectivity index is 1.71. The standard InChI is InChI=1S/C19H22N2O5S/c1-25-12-13-26-17-7-9-18(10-8-17)27(23,24)20-15-4-2-5-16(14-15)21-11-3-6-19(21)22/h2,4-5,7-10,14,20H,3,6,11-13H2,1H3. The van der Waals surface area contributed by atoms with Gasteiger partial charge >= 0.3 is 0 Å². The van der Waals surface area contributed by atoms with E-state index in [2.05, 4.69) is 4.72 Å². The fraction of sp³-hybridized carbons (Fsp3) is 0.316. The molecule has 1 amide bonds. The molecule has 144 valence electrons. The van der Waals surface area contributed by atoms with Crippen molar-refractivity contribution in [3.05, 3.63) is 48.5 Å². The Morgan fingerprint density at radius 2 is 1.89 bits per heavy atom. The number of sulfonamides is 1. The van der Waals surface area contributed by atoms with E-state index in [1.54, 1.807) is 48.4 Å². The lowest BCUT2D eigenvalue weighted by Crippen LogP contribution is -2.23. The molecule has 1 N–H and O–H groups in total. The molecule has 7 nitrogen and oxygen atoms in total. The molecule has 2 aromatic rings. The topological polar surface area (TPSA) is 84.9 Å². The molecule has 0 bridgehead atoms. The molecule has 1 saturated heterocycles. The minimum absolute atomic E-state index is 0.0547. The van der Waals surface area contributed by atoms with Crippen LogP contribution in [0.3, 0.4) is 0 Å². The Morgan fingerprint density at radius 1 is 1.11 bits per heavy atom. The van der Waals surface area contributed by atoms with Crippen LogP contribution in [0.5, 0.6) is 5.75 Å². The fourth-order valence-corrected chi connectivity index (χ4v) is 3.88. The van der Waals surface area contributed by atoms with Crippen LogP contribution in [0, 0.1) is 0 Å². The SMILES string of the molecule is COCCOc1ccc(S(=O)(=O)Nc2cccc(N3CCCC3=O)c2)cc1. The Kier molecular flexibility index (Phi) is 5.98. The zero-order chi connectivity index (χ0) is 19.3. The number of anilines is 2. The third-order valence-electron chi connectivity index (χ3n) is 4.17. The first-order valence-electron chi connectivity index (χ1n) is 8.65. The van der Waals surface area contributed by atoms with Gasteiger partial charge in [-0.05, 0) is 48.9 Å². The van der Waals surface area contributed by atoms with Crippen LogP contribution >= 0.6 is 0 Å². The van der Waals surface area contributed by atoms with Gasteiger partial charge in [0.1, 0.15) is 12.4 Å². The lowest BCUT2D eigenvalue weighted by molar-refractivity contribution is -0.117. The summed E-state index contributed by atoms with van der Waals surface area (Å²) in [4.78, 5) is 13.7. The van der Waals surface area contributed by atoms with Crippen LogP contribution in [-0.4, -0.2) is 41.2 Å². The molecule has 0 saturated carbocycles. The number of carbonyl (C=O) groups excluding carboxylic acids is 1. The van der Waals surface area contributed by atoms with Crippen molar-refractivity contribution in [3.63, 3.8) is 0 Å². The van der Waals surface area contributed by atoms with Crippen LogP contribution in [0.1, 0.15) is 12.8 Å². The molecule has 0 atom stereocenters. The van der Waals surface area contributed by atoms with Crippen molar-refractivity contribution in [1.29, 1.82) is 0 Å². The number of benzene rings is 2. The highest BCUT2D eigenvalue weighted by molar-refractivity contribution is 7.92. The van der Waals surface area contributed by atoms with Gasteiger partial charge in [0.15, 0.2) is 0 Å². The molecule has 1 fully saturated rings. The van der Waals surface area contributed by atoms with Gasteiger partial charge in [-0.2, -0.15) is 0 Å². The molecule has 0 aromatic heterocycles. The van der Waals surface area contributed by atoms with E-state index in [-0.39, 0.29) is 10.8 Å². The molecule has 0 spiro atoms. The maximum atomic E-state index is 12.6. The molecule has 27 heavy (non-hydrogen) atoms. The Morgan fingerprint density at radius 3 is 2.56 bits per heavy atom. The quantitative estimate of drug-likeness (QED) is 0.701. The molecule has 2 aromatic carbocycles. The second kappa shape index (κ2) is 8.41. The number of hydrogen-bond acceptors (Lipinski definition) is 5. The molecule has 0 unspecified atom stereocenters. The summed E-state index contributed by atoms with van der Waals surface area (Å²) in [6.45, 7) is 1.50. The average molecular weight is 390 g/mol. The molecule has 0 aliphatic carbocycles. The first-order valence-corrected chi connectivity index (χ1v) is 10.1. The van der Waals surface area contributed by atoms with Crippen molar-refractivity contribution in [2.24, 2.45) is 0 Å². The Labute approximate surface area is 158 Å². The van der Waals surface area contributed by atoms with E-state index in [1.807, 2.05) is 0 Å². The van der Waals surface area contributed by atoms with Crippen molar-refractivity contribution < 1.29 is 22.7 Å². The predicted octanol–water partition coefficient (Wildman–Crippen LogP) is 2.64. The zero-order valence-electron chi connectivity index (χ0n) is 15.1. The molecule has 1 aliphatic heterocycles. The highest BCUT2D eigenvalue weighted by atomic mass is 32.2. The second-order valence-corrected chi connectivity index (χ2v) is 7.80. The average Bonchev–Trinajstić information content (AvgIpc) is 3.08. The number of hydrogen-bond donors (Lipinski definition) is 1. The highest BCUT2D eigenvalue weighted by Gasteiger charge is 2.22. The summed E-state index contributed by atoms with van der Waals surface area (Å²) < 4.78 is 38.1. The minimum atomic E-state index is -3.74. The summed E-state index contributed by atoms with van der Waals surface area (Å²) in [6, 6.07) is 13.0. The van der Waals surface area contributed by atoms with Crippen molar-refractivity contribution in [3.8, 4) is 5.75 Å². The van der Waals surface area contributed by atoms with E-state index < -0.39 is 10.0 Å². The van der Waals surface area contributed by atoms with E-state index >= 15 is 0 Å². The largest absolute Gasteiger partial charge is 0.491 e. The minimum Gasteiger partial charge on any atom is -0.491 e. The van der Waals surface area contributed by atoms with Crippen molar-refractivity contribution >= 4 is 27.3 Å². The van der Waals surface area contributed by atoms with Gasteiger partial charge in [0, 0.05) is 25.8 Å². The van der Waals surface area contributed by atoms with E-state index in [0.717, 1.165) is 6.42 Å². The van der Waals surface area contributed by atoms with Gasteiger partial charge in [0.25, 0.3) is 10.0 Å². The van der Waals surface area contributed by atoms with Crippen LogP contribution in [0.25, 0.3) is 0 Å². The van der Waals surface area contributed by atoms with Gasteiger partial charge in [-0.3, -0.25) is 9.52 Å². The Hall–Kier alpha value is -2.58. The van der Waals surface area contributed by atoms with Crippen molar-refractivity contribution in [2.45, 2.75) is 17.7 Å². The molecular formula is C19H22N2O5S. The molecule has 0 radical (unpaired) electrons. The van der Waals surface area contributed by atoms with Crippen LogP contribution in [-0.2, 0) is 19.6 Å². The van der Waals surface area contributed by atoms with Gasteiger partial charge < -0.3 is 14.4 Å². The van der Waals surface area contributed by atoms with E-state index in [1.165, 1.54) is 12.1 Å². The molecule has 1 aliphatic rings. The van der Waals surface area contributed by atoms with Gasteiger partial charge in [-0.25, -0.2) is 8.42 Å². The first-order chi connectivity index (χ1) is 13.0. The summed E-state index contributed by atoms with van der Waals surface area (Å²) in [5.74, 6) is 0.625. The maximum Gasteiger partial charge on any atom is 0.261 e. The van der Waals surface area contributed by atoms with Gasteiger partial charge in [0.2, 0.25) is 5.91 Å².